The summed E-state index contributed by atoms with van der Waals surface area (Å²) in [6, 6.07) is 0. The number of halogens is 4. The Bertz CT molecular complexity index is 677. The number of piperidine rings is 1. The Balaban J connectivity index is 1.78. The summed E-state index contributed by atoms with van der Waals surface area (Å²) in [6.07, 6.45) is -1.55. The zero-order valence-corrected chi connectivity index (χ0v) is 12.3. The van der Waals surface area contributed by atoms with Crippen LogP contribution in [0.15, 0.2) is 6.20 Å². The van der Waals surface area contributed by atoms with Gasteiger partial charge in [-0.15, -0.1) is 5.10 Å². The van der Waals surface area contributed by atoms with Crippen LogP contribution < -0.4 is 5.73 Å². The van der Waals surface area contributed by atoms with Crippen LogP contribution in [0.25, 0.3) is 5.52 Å². The van der Waals surface area contributed by atoms with Crippen LogP contribution in [0.4, 0.5) is 19.1 Å². The lowest BCUT2D eigenvalue weighted by atomic mass is 9.96. The lowest BCUT2D eigenvalue weighted by Crippen LogP contribution is -2.39. The Morgan fingerprint density at radius 2 is 2.00 bits per heavy atom. The van der Waals surface area contributed by atoms with E-state index in [1.54, 1.807) is 0 Å². The van der Waals surface area contributed by atoms with Gasteiger partial charge in [0, 0.05) is 5.92 Å². The van der Waals surface area contributed by atoms with Gasteiger partial charge in [0.2, 0.25) is 5.95 Å². The number of fused-ring (bicyclic) bond motifs is 1. The molecule has 2 aromatic heterocycles. The number of hydrogen-bond donors (Lipinski definition) is 1. The maximum atomic E-state index is 12.4. The highest BCUT2D eigenvalue weighted by molar-refractivity contribution is 6.32. The van der Waals surface area contributed by atoms with Crippen molar-refractivity contribution in [3.63, 3.8) is 0 Å². The third kappa shape index (κ3) is 3.09. The molecule has 1 saturated heterocycles. The van der Waals surface area contributed by atoms with Crippen molar-refractivity contribution in [3.8, 4) is 0 Å². The highest BCUT2D eigenvalue weighted by Crippen LogP contribution is 2.31. The molecule has 1 aliphatic rings. The SMILES string of the molecule is Nc1ncc2c(Cl)nc(C3CCN(CC(F)(F)F)CC3)n2n1. The predicted octanol–water partition coefficient (Wildman–Crippen LogP) is 2.10. The van der Waals surface area contributed by atoms with Crippen LogP contribution >= 0.6 is 11.6 Å². The number of anilines is 1. The predicted molar refractivity (Wildman–Crippen MR) is 74.7 cm³/mol. The first-order valence-electron chi connectivity index (χ1n) is 6.79. The molecule has 2 N–H and O–H groups in total. The van der Waals surface area contributed by atoms with Gasteiger partial charge < -0.3 is 5.73 Å². The third-order valence-electron chi connectivity index (χ3n) is 3.75. The average molecular weight is 335 g/mol. The number of nitrogen functional groups attached to an aromatic ring is 1. The average Bonchev–Trinajstić information content (AvgIpc) is 2.74. The zero-order chi connectivity index (χ0) is 15.9. The summed E-state index contributed by atoms with van der Waals surface area (Å²) < 4.78 is 38.8. The fourth-order valence-corrected chi connectivity index (χ4v) is 2.97. The standard InChI is InChI=1S/C12H14ClF3N6/c13-9-8-5-18-11(17)20-22(8)10(19-9)7-1-3-21(4-2-7)6-12(14,15)16/h5,7H,1-4,6H2,(H2,17,20). The van der Waals surface area contributed by atoms with Crippen molar-refractivity contribution in [1.82, 2.24) is 24.5 Å². The molecule has 0 atom stereocenters. The fraction of sp³-hybridized carbons (Fsp3) is 0.583. The molecule has 0 saturated carbocycles. The van der Waals surface area contributed by atoms with E-state index in [4.69, 9.17) is 17.3 Å². The largest absolute Gasteiger partial charge is 0.401 e. The van der Waals surface area contributed by atoms with Crippen molar-refractivity contribution >= 4 is 23.1 Å². The summed E-state index contributed by atoms with van der Waals surface area (Å²) in [6.45, 7) is -0.160. The van der Waals surface area contributed by atoms with E-state index < -0.39 is 12.7 Å². The topological polar surface area (TPSA) is 72.3 Å². The molecule has 22 heavy (non-hydrogen) atoms. The monoisotopic (exact) mass is 334 g/mol. The number of rotatable bonds is 2. The number of nitrogens with two attached hydrogens (primary N) is 1. The summed E-state index contributed by atoms with van der Waals surface area (Å²) in [5.74, 6) is 0.719. The summed E-state index contributed by atoms with van der Waals surface area (Å²) in [7, 11) is 0. The van der Waals surface area contributed by atoms with Gasteiger partial charge in [0.15, 0.2) is 5.15 Å². The van der Waals surface area contributed by atoms with Crippen LogP contribution in [0.5, 0.6) is 0 Å². The van der Waals surface area contributed by atoms with Gasteiger partial charge in [0.1, 0.15) is 11.3 Å². The molecule has 1 fully saturated rings. The van der Waals surface area contributed by atoms with Crippen LogP contribution in [0, 0.1) is 0 Å². The second kappa shape index (κ2) is 5.54. The molecule has 0 aliphatic carbocycles. The van der Waals surface area contributed by atoms with Gasteiger partial charge in [-0.1, -0.05) is 11.6 Å². The summed E-state index contributed by atoms with van der Waals surface area (Å²) >= 11 is 6.05. The van der Waals surface area contributed by atoms with Crippen molar-refractivity contribution < 1.29 is 13.2 Å². The third-order valence-corrected chi connectivity index (χ3v) is 4.02. The fourth-order valence-electron chi connectivity index (χ4n) is 2.75. The number of hydrogen-bond acceptors (Lipinski definition) is 5. The molecule has 0 bridgehead atoms. The molecule has 1 aliphatic heterocycles. The number of alkyl halides is 3. The first kappa shape index (κ1) is 15.3. The Kier molecular flexibility index (Phi) is 3.85. The molecule has 120 valence electrons. The molecule has 2 aromatic rings. The second-order valence-electron chi connectivity index (χ2n) is 5.34. The minimum absolute atomic E-state index is 0.00113. The van der Waals surface area contributed by atoms with Gasteiger partial charge in [-0.3, -0.25) is 4.90 Å². The number of aromatic nitrogens is 4. The molecule has 3 rings (SSSR count). The maximum absolute atomic E-state index is 12.4. The van der Waals surface area contributed by atoms with Gasteiger partial charge in [0.05, 0.1) is 12.7 Å². The van der Waals surface area contributed by atoms with Crippen LogP contribution in [-0.2, 0) is 0 Å². The van der Waals surface area contributed by atoms with Crippen molar-refractivity contribution in [3.05, 3.63) is 17.2 Å². The van der Waals surface area contributed by atoms with E-state index in [9.17, 15) is 13.2 Å². The van der Waals surface area contributed by atoms with Crippen LogP contribution in [0.2, 0.25) is 5.15 Å². The Morgan fingerprint density at radius 1 is 1.32 bits per heavy atom. The normalized spacial score (nSPS) is 18.2. The van der Waals surface area contributed by atoms with Crippen LogP contribution in [-0.4, -0.2) is 50.3 Å². The maximum Gasteiger partial charge on any atom is 0.401 e. The van der Waals surface area contributed by atoms with E-state index in [-0.39, 0.29) is 17.0 Å². The lowest BCUT2D eigenvalue weighted by molar-refractivity contribution is -0.148. The van der Waals surface area contributed by atoms with Gasteiger partial charge >= 0.3 is 6.18 Å². The molecule has 0 amide bonds. The molecule has 0 spiro atoms. The van der Waals surface area contributed by atoms with Gasteiger partial charge in [-0.05, 0) is 25.9 Å². The first-order chi connectivity index (χ1) is 10.3. The molecule has 3 heterocycles. The molecule has 6 nitrogen and oxygen atoms in total. The van der Waals surface area contributed by atoms with E-state index in [0.717, 1.165) is 0 Å². The number of nitrogens with zero attached hydrogens (tertiary/aromatic N) is 5. The molecule has 0 radical (unpaired) electrons. The van der Waals surface area contributed by atoms with Crippen molar-refractivity contribution in [2.24, 2.45) is 0 Å². The van der Waals surface area contributed by atoms with Crippen LogP contribution in [0.3, 0.4) is 0 Å². The van der Waals surface area contributed by atoms with E-state index in [1.165, 1.54) is 15.6 Å². The van der Waals surface area contributed by atoms with Gasteiger partial charge in [-0.25, -0.2) is 14.5 Å². The van der Waals surface area contributed by atoms with Crippen molar-refractivity contribution in [2.45, 2.75) is 24.9 Å². The Morgan fingerprint density at radius 3 is 2.64 bits per heavy atom. The minimum Gasteiger partial charge on any atom is -0.367 e. The van der Waals surface area contributed by atoms with Crippen molar-refractivity contribution in [1.29, 1.82) is 0 Å². The number of imidazole rings is 1. The highest BCUT2D eigenvalue weighted by Gasteiger charge is 2.33. The molecule has 0 unspecified atom stereocenters. The van der Waals surface area contributed by atoms with E-state index >= 15 is 0 Å². The first-order valence-corrected chi connectivity index (χ1v) is 7.17. The molecular weight excluding hydrogens is 321 g/mol. The van der Waals surface area contributed by atoms with E-state index in [2.05, 4.69) is 15.1 Å². The van der Waals surface area contributed by atoms with Gasteiger partial charge in [-0.2, -0.15) is 13.2 Å². The Labute approximate surface area is 129 Å². The second-order valence-corrected chi connectivity index (χ2v) is 5.70. The molecular formula is C12H14ClF3N6. The molecule has 10 heteroatoms. The summed E-state index contributed by atoms with van der Waals surface area (Å²) in [5, 5.41) is 4.36. The van der Waals surface area contributed by atoms with E-state index in [0.29, 0.717) is 37.3 Å². The molecule has 0 aromatic carbocycles. The smallest absolute Gasteiger partial charge is 0.367 e. The summed E-state index contributed by atoms with van der Waals surface area (Å²) in [4.78, 5) is 9.55. The van der Waals surface area contributed by atoms with Crippen LogP contribution in [0.1, 0.15) is 24.6 Å². The Hall–Kier alpha value is -1.61. The van der Waals surface area contributed by atoms with Crippen molar-refractivity contribution in [2.75, 3.05) is 25.4 Å². The van der Waals surface area contributed by atoms with E-state index in [1.807, 2.05) is 0 Å². The zero-order valence-electron chi connectivity index (χ0n) is 11.5. The lowest BCUT2D eigenvalue weighted by Gasteiger charge is -2.31. The quantitative estimate of drug-likeness (QED) is 0.910. The summed E-state index contributed by atoms with van der Waals surface area (Å²) in [5.41, 5.74) is 6.12. The highest BCUT2D eigenvalue weighted by atomic mass is 35.5. The van der Waals surface area contributed by atoms with Gasteiger partial charge in [0.25, 0.3) is 0 Å². The number of likely N-dealkylation sites (tertiary alicyclic amines) is 1. The minimum atomic E-state index is -4.17.